The van der Waals surface area contributed by atoms with Gasteiger partial charge in [0.1, 0.15) is 18.0 Å². The second kappa shape index (κ2) is 9.43. The molecule has 1 aromatic heterocycles. The molecule has 4 atom stereocenters. The molecule has 2 fully saturated rings. The number of amides is 1. The van der Waals surface area contributed by atoms with Gasteiger partial charge in [-0.3, -0.25) is 5.32 Å². The van der Waals surface area contributed by atoms with Crippen molar-refractivity contribution < 1.29 is 23.7 Å². The van der Waals surface area contributed by atoms with Gasteiger partial charge >= 0.3 is 6.09 Å². The summed E-state index contributed by atoms with van der Waals surface area (Å²) < 4.78 is 22.6. The lowest BCUT2D eigenvalue weighted by Crippen LogP contribution is -2.38. The maximum atomic E-state index is 12.4. The molecular formula is C24H24N4O5. The fourth-order valence-corrected chi connectivity index (χ4v) is 4.04. The van der Waals surface area contributed by atoms with E-state index in [0.29, 0.717) is 24.0 Å². The van der Waals surface area contributed by atoms with E-state index in [1.165, 1.54) is 0 Å². The van der Waals surface area contributed by atoms with Gasteiger partial charge in [-0.1, -0.05) is 36.4 Å². The first-order valence-electron chi connectivity index (χ1n) is 10.7. The molecule has 5 rings (SSSR count). The summed E-state index contributed by atoms with van der Waals surface area (Å²) in [5.41, 5.74) is 2.42. The highest BCUT2D eigenvalue weighted by Gasteiger charge is 2.49. The largest absolute Gasteiger partial charge is 0.497 e. The number of carbonyl (C=O) groups excluding carboxylic acids is 1. The maximum Gasteiger partial charge on any atom is 0.412 e. The van der Waals surface area contributed by atoms with E-state index in [-0.39, 0.29) is 24.9 Å². The van der Waals surface area contributed by atoms with Gasteiger partial charge in [-0.2, -0.15) is 0 Å². The minimum Gasteiger partial charge on any atom is -0.497 e. The zero-order valence-corrected chi connectivity index (χ0v) is 18.0. The van der Waals surface area contributed by atoms with E-state index in [1.54, 1.807) is 37.6 Å². The van der Waals surface area contributed by atoms with Crippen LogP contribution in [0.4, 0.5) is 16.4 Å². The summed E-state index contributed by atoms with van der Waals surface area (Å²) in [5.74, 6) is 1.14. The predicted octanol–water partition coefficient (Wildman–Crippen LogP) is 3.35. The summed E-state index contributed by atoms with van der Waals surface area (Å²) in [4.78, 5) is 21.3. The number of hydrogen-bond donors (Lipinski definition) is 2. The van der Waals surface area contributed by atoms with Gasteiger partial charge in [0.05, 0.1) is 32.1 Å². The number of carbonyl (C=O) groups is 1. The summed E-state index contributed by atoms with van der Waals surface area (Å²) in [6, 6.07) is 18.7. The van der Waals surface area contributed by atoms with Gasteiger partial charge in [0.15, 0.2) is 6.10 Å². The van der Waals surface area contributed by atoms with Crippen LogP contribution in [0.25, 0.3) is 11.3 Å². The first kappa shape index (κ1) is 21.2. The molecule has 0 radical (unpaired) electrons. The Morgan fingerprint density at radius 1 is 1.03 bits per heavy atom. The summed E-state index contributed by atoms with van der Waals surface area (Å²) >= 11 is 0. The number of methoxy groups -OCH3 is 1. The number of fused-ring (bicyclic) bond motifs is 1. The highest BCUT2D eigenvalue weighted by molar-refractivity contribution is 5.85. The molecule has 2 N–H and O–H groups in total. The van der Waals surface area contributed by atoms with Crippen LogP contribution in [0.2, 0.25) is 0 Å². The number of aromatic nitrogens is 2. The molecule has 0 aliphatic carbocycles. The molecule has 2 aliphatic rings. The van der Waals surface area contributed by atoms with Crippen molar-refractivity contribution in [1.82, 2.24) is 9.97 Å². The SMILES string of the molecule is COc1cccc(NC(=O)O[C@@H]2CO[C@H]3[C@@H]2OC[C@@H]3Nc2nccc(-c3ccccc3)n2)c1. The smallest absolute Gasteiger partial charge is 0.412 e. The van der Waals surface area contributed by atoms with Crippen LogP contribution < -0.4 is 15.4 Å². The van der Waals surface area contributed by atoms with Gasteiger partial charge in [0.2, 0.25) is 5.95 Å². The molecule has 33 heavy (non-hydrogen) atoms. The third kappa shape index (κ3) is 4.74. The van der Waals surface area contributed by atoms with Crippen LogP contribution in [0.1, 0.15) is 0 Å². The van der Waals surface area contributed by atoms with Crippen LogP contribution in [0.5, 0.6) is 5.75 Å². The topological polar surface area (TPSA) is 104 Å². The average molecular weight is 448 g/mol. The van der Waals surface area contributed by atoms with Crippen molar-refractivity contribution in [3.63, 3.8) is 0 Å². The number of nitrogens with zero attached hydrogens (tertiary/aromatic N) is 2. The second-order valence-corrected chi connectivity index (χ2v) is 7.78. The Morgan fingerprint density at radius 2 is 1.88 bits per heavy atom. The highest BCUT2D eigenvalue weighted by Crippen LogP contribution is 2.31. The fourth-order valence-electron chi connectivity index (χ4n) is 4.04. The van der Waals surface area contributed by atoms with Crippen molar-refractivity contribution in [3.05, 3.63) is 66.9 Å². The molecule has 0 bridgehead atoms. The van der Waals surface area contributed by atoms with Gasteiger partial charge in [0, 0.05) is 23.5 Å². The monoisotopic (exact) mass is 448 g/mol. The van der Waals surface area contributed by atoms with Gasteiger partial charge in [-0.25, -0.2) is 14.8 Å². The molecule has 9 nitrogen and oxygen atoms in total. The Kier molecular flexibility index (Phi) is 6.05. The molecule has 9 heteroatoms. The van der Waals surface area contributed by atoms with Gasteiger partial charge < -0.3 is 24.3 Å². The van der Waals surface area contributed by atoms with E-state index in [2.05, 4.69) is 20.6 Å². The first-order chi connectivity index (χ1) is 16.2. The van der Waals surface area contributed by atoms with E-state index >= 15 is 0 Å². The number of benzene rings is 2. The molecule has 2 aliphatic heterocycles. The van der Waals surface area contributed by atoms with E-state index in [0.717, 1.165) is 11.3 Å². The molecule has 2 aromatic carbocycles. The molecular weight excluding hydrogens is 424 g/mol. The highest BCUT2D eigenvalue weighted by atomic mass is 16.6. The van der Waals surface area contributed by atoms with Crippen molar-refractivity contribution in [2.45, 2.75) is 24.4 Å². The summed E-state index contributed by atoms with van der Waals surface area (Å²) in [5, 5.41) is 6.01. The third-order valence-corrected chi connectivity index (χ3v) is 5.62. The Labute approximate surface area is 191 Å². The van der Waals surface area contributed by atoms with Crippen molar-refractivity contribution in [2.75, 3.05) is 31.0 Å². The van der Waals surface area contributed by atoms with Crippen LogP contribution in [0.15, 0.2) is 66.9 Å². The van der Waals surface area contributed by atoms with Crippen LogP contribution in [0, 0.1) is 0 Å². The van der Waals surface area contributed by atoms with E-state index in [4.69, 9.17) is 18.9 Å². The first-order valence-corrected chi connectivity index (χ1v) is 10.7. The summed E-state index contributed by atoms with van der Waals surface area (Å²) in [7, 11) is 1.57. The lowest BCUT2D eigenvalue weighted by atomic mass is 10.1. The van der Waals surface area contributed by atoms with E-state index in [9.17, 15) is 4.79 Å². The standard InChI is InChI=1S/C24H24N4O5/c1-30-17-9-5-8-16(12-17)26-24(29)33-20-14-32-21-19(13-31-22(20)21)28-23-25-11-10-18(27-23)15-6-3-2-4-7-15/h2-12,19-22H,13-14H2,1H3,(H,26,29)(H,25,27,28)/t19-,20+,21+,22+/m0/s1. The number of ether oxygens (including phenoxy) is 4. The minimum absolute atomic E-state index is 0.156. The normalized spacial score (nSPS) is 23.5. The lowest BCUT2D eigenvalue weighted by Gasteiger charge is -2.18. The Morgan fingerprint density at radius 3 is 2.73 bits per heavy atom. The lowest BCUT2D eigenvalue weighted by molar-refractivity contribution is 0.00917. The third-order valence-electron chi connectivity index (χ3n) is 5.62. The Bertz CT molecular complexity index is 1110. The zero-order valence-electron chi connectivity index (χ0n) is 18.0. The molecule has 1 amide bonds. The molecule has 0 unspecified atom stereocenters. The number of hydrogen-bond acceptors (Lipinski definition) is 8. The van der Waals surface area contributed by atoms with Crippen molar-refractivity contribution in [1.29, 1.82) is 0 Å². The van der Waals surface area contributed by atoms with E-state index < -0.39 is 12.2 Å². The van der Waals surface area contributed by atoms with Crippen LogP contribution >= 0.6 is 0 Å². The fraction of sp³-hybridized carbons (Fsp3) is 0.292. The van der Waals surface area contributed by atoms with Crippen molar-refractivity contribution >= 4 is 17.7 Å². The second-order valence-electron chi connectivity index (χ2n) is 7.78. The Balaban J connectivity index is 1.19. The molecule has 0 saturated carbocycles. The zero-order chi connectivity index (χ0) is 22.6. The average Bonchev–Trinajstić information content (AvgIpc) is 3.43. The van der Waals surface area contributed by atoms with Gasteiger partial charge in [0.25, 0.3) is 0 Å². The molecule has 3 aromatic rings. The molecule has 2 saturated heterocycles. The van der Waals surface area contributed by atoms with Crippen LogP contribution in [-0.2, 0) is 14.2 Å². The summed E-state index contributed by atoms with van der Waals surface area (Å²) in [6.45, 7) is 0.648. The quantitative estimate of drug-likeness (QED) is 0.592. The van der Waals surface area contributed by atoms with Gasteiger partial charge in [-0.15, -0.1) is 0 Å². The molecule has 0 spiro atoms. The maximum absolute atomic E-state index is 12.4. The number of anilines is 2. The van der Waals surface area contributed by atoms with E-state index in [1.807, 2.05) is 36.4 Å². The number of nitrogens with one attached hydrogen (secondary N) is 2. The minimum atomic E-state index is -0.573. The van der Waals surface area contributed by atoms with Crippen LogP contribution in [-0.4, -0.2) is 60.7 Å². The molecule has 3 heterocycles. The van der Waals surface area contributed by atoms with Crippen molar-refractivity contribution in [3.8, 4) is 17.0 Å². The number of rotatable bonds is 6. The van der Waals surface area contributed by atoms with Crippen LogP contribution in [0.3, 0.4) is 0 Å². The molecule has 170 valence electrons. The van der Waals surface area contributed by atoms with Crippen molar-refractivity contribution in [2.24, 2.45) is 0 Å². The summed E-state index contributed by atoms with van der Waals surface area (Å²) in [6.07, 6.45) is -0.00481. The van der Waals surface area contributed by atoms with Gasteiger partial charge in [-0.05, 0) is 18.2 Å². The predicted molar refractivity (Wildman–Crippen MR) is 121 cm³/mol. The Hall–Kier alpha value is -3.69.